The predicted molar refractivity (Wildman–Crippen MR) is 66.3 cm³/mol. The number of fused-ring (bicyclic) bond motifs is 1. The normalized spacial score (nSPS) is 19.1. The second-order valence-corrected chi connectivity index (χ2v) is 5.03. The molecular formula is C12H16N2OS. The van der Waals surface area contributed by atoms with Crippen LogP contribution in [0.25, 0.3) is 0 Å². The summed E-state index contributed by atoms with van der Waals surface area (Å²) >= 11 is 1.90. The average molecular weight is 236 g/mol. The zero-order valence-electron chi connectivity index (χ0n) is 9.11. The van der Waals surface area contributed by atoms with Crippen molar-refractivity contribution in [1.82, 2.24) is 5.32 Å². The molecule has 1 aromatic rings. The number of carbonyl (C=O) groups excluding carboxylic acids is 1. The number of thioether (sulfide) groups is 1. The summed E-state index contributed by atoms with van der Waals surface area (Å²) in [7, 11) is 0. The first-order valence-electron chi connectivity index (χ1n) is 5.51. The monoisotopic (exact) mass is 236 g/mol. The minimum Gasteiger partial charge on any atom is -0.370 e. The smallest absolute Gasteiger partial charge is 0.218 e. The van der Waals surface area contributed by atoms with Crippen molar-refractivity contribution in [2.45, 2.75) is 23.8 Å². The molecule has 0 radical (unpaired) electrons. The molecule has 1 aliphatic rings. The minimum absolute atomic E-state index is 0.244. The molecule has 16 heavy (non-hydrogen) atoms. The number of nitrogens with one attached hydrogen (secondary N) is 1. The fourth-order valence-electron chi connectivity index (χ4n) is 1.92. The van der Waals surface area contributed by atoms with Gasteiger partial charge in [0.2, 0.25) is 5.91 Å². The van der Waals surface area contributed by atoms with Crippen LogP contribution in [0.5, 0.6) is 0 Å². The molecule has 0 aromatic heterocycles. The van der Waals surface area contributed by atoms with Crippen LogP contribution in [-0.4, -0.2) is 18.2 Å². The number of hydrogen-bond donors (Lipinski definition) is 2. The Labute approximate surface area is 99.8 Å². The van der Waals surface area contributed by atoms with Crippen LogP contribution < -0.4 is 11.1 Å². The number of amides is 1. The third-order valence-electron chi connectivity index (χ3n) is 2.72. The molecule has 3 nitrogen and oxygen atoms in total. The van der Waals surface area contributed by atoms with Crippen LogP contribution in [0.2, 0.25) is 0 Å². The summed E-state index contributed by atoms with van der Waals surface area (Å²) in [5.74, 6) is 0.886. The van der Waals surface area contributed by atoms with E-state index in [-0.39, 0.29) is 5.91 Å². The minimum atomic E-state index is -0.244. The summed E-state index contributed by atoms with van der Waals surface area (Å²) in [5.41, 5.74) is 6.47. The Kier molecular flexibility index (Phi) is 3.85. The lowest BCUT2D eigenvalue weighted by Crippen LogP contribution is -2.28. The standard InChI is InChI=1S/C12H16N2OS/c13-12(15)5-7-14-10-6-8-16-11-4-2-1-3-9(10)11/h1-4,10,14H,5-8H2,(H2,13,15). The first kappa shape index (κ1) is 11.5. The summed E-state index contributed by atoms with van der Waals surface area (Å²) in [6.07, 6.45) is 1.52. The lowest BCUT2D eigenvalue weighted by molar-refractivity contribution is -0.117. The van der Waals surface area contributed by atoms with Crippen molar-refractivity contribution in [2.24, 2.45) is 5.73 Å². The molecule has 0 saturated heterocycles. The highest BCUT2D eigenvalue weighted by Crippen LogP contribution is 2.35. The molecule has 1 heterocycles. The third kappa shape index (κ3) is 2.77. The maximum atomic E-state index is 10.7. The topological polar surface area (TPSA) is 55.1 Å². The molecule has 1 unspecified atom stereocenters. The van der Waals surface area contributed by atoms with E-state index in [0.29, 0.717) is 19.0 Å². The average Bonchev–Trinajstić information content (AvgIpc) is 2.29. The van der Waals surface area contributed by atoms with Gasteiger partial charge in [0.15, 0.2) is 0 Å². The van der Waals surface area contributed by atoms with Gasteiger partial charge in [0.1, 0.15) is 0 Å². The van der Waals surface area contributed by atoms with Gasteiger partial charge in [0.05, 0.1) is 0 Å². The number of benzene rings is 1. The van der Waals surface area contributed by atoms with Crippen LogP contribution in [0, 0.1) is 0 Å². The molecule has 0 fully saturated rings. The number of nitrogens with two attached hydrogens (primary N) is 1. The van der Waals surface area contributed by atoms with Crippen LogP contribution in [-0.2, 0) is 4.79 Å². The summed E-state index contributed by atoms with van der Waals surface area (Å²) in [6.45, 7) is 0.666. The van der Waals surface area contributed by atoms with Gasteiger partial charge in [0, 0.05) is 23.9 Å². The van der Waals surface area contributed by atoms with Crippen LogP contribution >= 0.6 is 11.8 Å². The molecule has 4 heteroatoms. The van der Waals surface area contributed by atoms with E-state index in [9.17, 15) is 4.79 Å². The molecule has 2 rings (SSSR count). The van der Waals surface area contributed by atoms with Crippen LogP contribution in [0.1, 0.15) is 24.4 Å². The zero-order chi connectivity index (χ0) is 11.4. The lowest BCUT2D eigenvalue weighted by atomic mass is 10.0. The van der Waals surface area contributed by atoms with Crippen LogP contribution in [0.4, 0.5) is 0 Å². The van der Waals surface area contributed by atoms with Gasteiger partial charge in [-0.25, -0.2) is 0 Å². The highest BCUT2D eigenvalue weighted by Gasteiger charge is 2.19. The largest absolute Gasteiger partial charge is 0.370 e. The Morgan fingerprint density at radius 1 is 1.50 bits per heavy atom. The van der Waals surface area contributed by atoms with Crippen molar-refractivity contribution >= 4 is 17.7 Å². The van der Waals surface area contributed by atoms with Gasteiger partial charge in [0.25, 0.3) is 0 Å². The van der Waals surface area contributed by atoms with E-state index in [1.54, 1.807) is 0 Å². The molecule has 0 bridgehead atoms. The Bertz CT molecular complexity index is 381. The van der Waals surface area contributed by atoms with Crippen molar-refractivity contribution in [2.75, 3.05) is 12.3 Å². The quantitative estimate of drug-likeness (QED) is 0.836. The summed E-state index contributed by atoms with van der Waals surface area (Å²) in [6, 6.07) is 8.81. The molecule has 1 aromatic carbocycles. The second-order valence-electron chi connectivity index (χ2n) is 3.90. The number of rotatable bonds is 4. The Hall–Kier alpha value is -1.00. The van der Waals surface area contributed by atoms with Crippen molar-refractivity contribution in [3.63, 3.8) is 0 Å². The fourth-order valence-corrected chi connectivity index (χ4v) is 3.05. The molecular weight excluding hydrogens is 220 g/mol. The van der Waals surface area contributed by atoms with Gasteiger partial charge in [-0.3, -0.25) is 4.79 Å². The summed E-state index contributed by atoms with van der Waals surface area (Å²) in [5, 5.41) is 3.39. The van der Waals surface area contributed by atoms with Crippen molar-refractivity contribution in [1.29, 1.82) is 0 Å². The molecule has 0 saturated carbocycles. The molecule has 0 aliphatic carbocycles. The SMILES string of the molecule is NC(=O)CCNC1CCSc2ccccc21. The summed E-state index contributed by atoms with van der Waals surface area (Å²) in [4.78, 5) is 12.0. The van der Waals surface area contributed by atoms with E-state index in [4.69, 9.17) is 5.73 Å². The molecule has 1 atom stereocenters. The van der Waals surface area contributed by atoms with Gasteiger partial charge in [-0.1, -0.05) is 18.2 Å². The zero-order valence-corrected chi connectivity index (χ0v) is 9.93. The molecule has 1 aliphatic heterocycles. The highest BCUT2D eigenvalue weighted by atomic mass is 32.2. The van der Waals surface area contributed by atoms with Gasteiger partial charge < -0.3 is 11.1 Å². The summed E-state index contributed by atoms with van der Waals surface area (Å²) < 4.78 is 0. The van der Waals surface area contributed by atoms with Crippen molar-refractivity contribution in [3.05, 3.63) is 29.8 Å². The maximum absolute atomic E-state index is 10.7. The first-order valence-corrected chi connectivity index (χ1v) is 6.49. The van der Waals surface area contributed by atoms with Crippen molar-refractivity contribution < 1.29 is 4.79 Å². The molecule has 1 amide bonds. The maximum Gasteiger partial charge on any atom is 0.218 e. The van der Waals surface area contributed by atoms with Crippen LogP contribution in [0.3, 0.4) is 0 Å². The van der Waals surface area contributed by atoms with Gasteiger partial charge in [-0.05, 0) is 23.8 Å². The number of carbonyl (C=O) groups is 1. The second kappa shape index (κ2) is 5.37. The Morgan fingerprint density at radius 3 is 3.12 bits per heavy atom. The van der Waals surface area contributed by atoms with Gasteiger partial charge >= 0.3 is 0 Å². The molecule has 86 valence electrons. The molecule has 0 spiro atoms. The van der Waals surface area contributed by atoms with Gasteiger partial charge in [-0.15, -0.1) is 11.8 Å². The lowest BCUT2D eigenvalue weighted by Gasteiger charge is -2.25. The van der Waals surface area contributed by atoms with Crippen LogP contribution in [0.15, 0.2) is 29.2 Å². The van der Waals surface area contributed by atoms with E-state index < -0.39 is 0 Å². The van der Waals surface area contributed by atoms with E-state index >= 15 is 0 Å². The highest BCUT2D eigenvalue weighted by molar-refractivity contribution is 7.99. The predicted octanol–water partition coefficient (Wildman–Crippen LogP) is 1.69. The van der Waals surface area contributed by atoms with Crippen molar-refractivity contribution in [3.8, 4) is 0 Å². The Balaban J connectivity index is 1.99. The first-order chi connectivity index (χ1) is 7.77. The van der Waals surface area contributed by atoms with E-state index in [1.165, 1.54) is 10.5 Å². The fraction of sp³-hybridized carbons (Fsp3) is 0.417. The number of primary amides is 1. The third-order valence-corrected chi connectivity index (χ3v) is 3.84. The Morgan fingerprint density at radius 2 is 2.31 bits per heavy atom. The van der Waals surface area contributed by atoms with E-state index in [0.717, 1.165) is 12.2 Å². The van der Waals surface area contributed by atoms with E-state index in [2.05, 4.69) is 29.6 Å². The van der Waals surface area contributed by atoms with E-state index in [1.807, 2.05) is 11.8 Å². The number of hydrogen-bond acceptors (Lipinski definition) is 3. The molecule has 3 N–H and O–H groups in total. The van der Waals surface area contributed by atoms with Gasteiger partial charge in [-0.2, -0.15) is 0 Å².